The molecule has 1 aliphatic heterocycles. The number of hydrogen-bond donors (Lipinski definition) is 0. The highest BCUT2D eigenvalue weighted by Crippen LogP contribution is 2.20. The molecule has 0 bridgehead atoms. The van der Waals surface area contributed by atoms with Crippen molar-refractivity contribution in [2.45, 2.75) is 13.8 Å². The first kappa shape index (κ1) is 6.40. The zero-order valence-electron chi connectivity index (χ0n) is 6.59. The molecular formula is C9H9NO. The third-order valence-corrected chi connectivity index (χ3v) is 1.91. The van der Waals surface area contributed by atoms with Crippen LogP contribution in [0.3, 0.4) is 0 Å². The molecule has 1 aromatic rings. The smallest absolute Gasteiger partial charge is 0.258 e. The Labute approximate surface area is 65.1 Å². The van der Waals surface area contributed by atoms with Gasteiger partial charge in [0.1, 0.15) is 0 Å². The molecule has 0 spiro atoms. The molecule has 2 nitrogen and oxygen atoms in total. The summed E-state index contributed by atoms with van der Waals surface area (Å²) >= 11 is 0. The molecule has 56 valence electrons. The van der Waals surface area contributed by atoms with Gasteiger partial charge >= 0.3 is 0 Å². The number of fused-ring (bicyclic) bond motifs is 1. The summed E-state index contributed by atoms with van der Waals surface area (Å²) in [5.41, 5.74) is 2.96. The second kappa shape index (κ2) is 1.84. The first-order valence-electron chi connectivity index (χ1n) is 3.60. The average molecular weight is 147 g/mol. The standard InChI is InChI=1S/C9H9NO/c1-6-3-8-4-7(2)9(11)10(8)5-6/h3-5H,1-2H3. The predicted molar refractivity (Wildman–Crippen MR) is 43.4 cm³/mol. The highest BCUT2D eigenvalue weighted by molar-refractivity contribution is 6.04. The molecule has 0 aromatic carbocycles. The first-order valence-corrected chi connectivity index (χ1v) is 3.60. The molecule has 1 aliphatic rings. The molecule has 0 aliphatic carbocycles. The highest BCUT2D eigenvalue weighted by atomic mass is 16.2. The van der Waals surface area contributed by atoms with Crippen LogP contribution < -0.4 is 0 Å². The van der Waals surface area contributed by atoms with Gasteiger partial charge in [0.2, 0.25) is 0 Å². The lowest BCUT2D eigenvalue weighted by Crippen LogP contribution is -2.05. The summed E-state index contributed by atoms with van der Waals surface area (Å²) in [6.07, 6.45) is 3.78. The second-order valence-electron chi connectivity index (χ2n) is 2.94. The van der Waals surface area contributed by atoms with Gasteiger partial charge in [-0.05, 0) is 31.6 Å². The molecule has 0 unspecified atom stereocenters. The van der Waals surface area contributed by atoms with Crippen molar-refractivity contribution < 1.29 is 4.79 Å². The lowest BCUT2D eigenvalue weighted by Gasteiger charge is -1.93. The molecule has 0 saturated heterocycles. The van der Waals surface area contributed by atoms with Gasteiger partial charge in [-0.15, -0.1) is 0 Å². The summed E-state index contributed by atoms with van der Waals surface area (Å²) in [6.45, 7) is 3.83. The number of hydrogen-bond acceptors (Lipinski definition) is 1. The van der Waals surface area contributed by atoms with E-state index in [0.29, 0.717) is 0 Å². The van der Waals surface area contributed by atoms with Gasteiger partial charge in [-0.2, -0.15) is 0 Å². The summed E-state index contributed by atoms with van der Waals surface area (Å²) in [5.74, 6) is 0.105. The van der Waals surface area contributed by atoms with Crippen LogP contribution in [0.5, 0.6) is 0 Å². The fraction of sp³-hybridized carbons (Fsp3) is 0.222. The first-order chi connectivity index (χ1) is 5.18. The zero-order valence-corrected chi connectivity index (χ0v) is 6.59. The maximum absolute atomic E-state index is 11.3. The lowest BCUT2D eigenvalue weighted by molar-refractivity contribution is 0.0961. The van der Waals surface area contributed by atoms with Crippen LogP contribution >= 0.6 is 0 Å². The van der Waals surface area contributed by atoms with Gasteiger partial charge in [0, 0.05) is 17.5 Å². The molecular weight excluding hydrogens is 138 g/mol. The third kappa shape index (κ3) is 0.755. The molecule has 2 heteroatoms. The number of allylic oxidation sites excluding steroid dienone is 1. The van der Waals surface area contributed by atoms with Crippen LogP contribution in [0.4, 0.5) is 0 Å². The van der Waals surface area contributed by atoms with Gasteiger partial charge in [-0.25, -0.2) is 0 Å². The Morgan fingerprint density at radius 1 is 1.36 bits per heavy atom. The van der Waals surface area contributed by atoms with Crippen molar-refractivity contribution in [1.82, 2.24) is 4.57 Å². The molecule has 2 rings (SSSR count). The minimum Gasteiger partial charge on any atom is -0.284 e. The van der Waals surface area contributed by atoms with E-state index in [1.165, 1.54) is 0 Å². The minimum absolute atomic E-state index is 0.105. The Morgan fingerprint density at radius 3 is 2.73 bits per heavy atom. The van der Waals surface area contributed by atoms with E-state index < -0.39 is 0 Å². The quantitative estimate of drug-likeness (QED) is 0.549. The normalized spacial score (nSPS) is 15.1. The Bertz CT molecular complexity index is 358. The van der Waals surface area contributed by atoms with Gasteiger partial charge in [0.25, 0.3) is 5.91 Å². The lowest BCUT2D eigenvalue weighted by atomic mass is 10.2. The van der Waals surface area contributed by atoms with Crippen molar-refractivity contribution in [2.24, 2.45) is 0 Å². The van der Waals surface area contributed by atoms with Gasteiger partial charge in [-0.3, -0.25) is 9.36 Å². The molecule has 1 aromatic heterocycles. The number of aryl methyl sites for hydroxylation is 1. The SMILES string of the molecule is CC1=Cc2cc(C)cn2C1=O. The zero-order chi connectivity index (χ0) is 8.01. The van der Waals surface area contributed by atoms with Crippen molar-refractivity contribution in [2.75, 3.05) is 0 Å². The van der Waals surface area contributed by atoms with E-state index in [-0.39, 0.29) is 5.91 Å². The number of carbonyl (C=O) groups excluding carboxylic acids is 1. The Morgan fingerprint density at radius 2 is 2.09 bits per heavy atom. The average Bonchev–Trinajstić information content (AvgIpc) is 2.37. The molecule has 0 N–H and O–H groups in total. The fourth-order valence-corrected chi connectivity index (χ4v) is 1.38. The molecule has 0 atom stereocenters. The monoisotopic (exact) mass is 147 g/mol. The Kier molecular flexibility index (Phi) is 1.07. The molecule has 0 fully saturated rings. The molecule has 0 saturated carbocycles. The summed E-state index contributed by atoms with van der Waals surface area (Å²) in [7, 11) is 0. The molecule has 0 radical (unpaired) electrons. The number of nitrogens with zero attached hydrogens (tertiary/aromatic N) is 1. The van der Waals surface area contributed by atoms with Crippen LogP contribution in [0.25, 0.3) is 6.08 Å². The van der Waals surface area contributed by atoms with Crippen LogP contribution in [0.15, 0.2) is 17.8 Å². The Balaban J connectivity index is 2.65. The van der Waals surface area contributed by atoms with Crippen LogP contribution in [-0.4, -0.2) is 10.5 Å². The summed E-state index contributed by atoms with van der Waals surface area (Å²) < 4.78 is 1.69. The number of rotatable bonds is 0. The van der Waals surface area contributed by atoms with Crippen molar-refractivity contribution in [3.63, 3.8) is 0 Å². The van der Waals surface area contributed by atoms with Crippen LogP contribution in [-0.2, 0) is 0 Å². The van der Waals surface area contributed by atoms with E-state index in [1.807, 2.05) is 32.2 Å². The van der Waals surface area contributed by atoms with Gasteiger partial charge in [-0.1, -0.05) is 0 Å². The van der Waals surface area contributed by atoms with Crippen LogP contribution in [0.1, 0.15) is 23.0 Å². The van der Waals surface area contributed by atoms with E-state index in [0.717, 1.165) is 16.8 Å². The number of aromatic nitrogens is 1. The van der Waals surface area contributed by atoms with Crippen molar-refractivity contribution >= 4 is 12.0 Å². The van der Waals surface area contributed by atoms with Crippen molar-refractivity contribution in [1.29, 1.82) is 0 Å². The van der Waals surface area contributed by atoms with Gasteiger partial charge in [0.05, 0.1) is 0 Å². The summed E-state index contributed by atoms with van der Waals surface area (Å²) in [6, 6.07) is 2.01. The molecule has 11 heavy (non-hydrogen) atoms. The maximum Gasteiger partial charge on any atom is 0.258 e. The van der Waals surface area contributed by atoms with E-state index in [1.54, 1.807) is 4.57 Å². The summed E-state index contributed by atoms with van der Waals surface area (Å²) in [4.78, 5) is 11.3. The minimum atomic E-state index is 0.105. The third-order valence-electron chi connectivity index (χ3n) is 1.91. The van der Waals surface area contributed by atoms with Crippen molar-refractivity contribution in [3.8, 4) is 0 Å². The number of carbonyl (C=O) groups is 1. The molecule has 0 amide bonds. The van der Waals surface area contributed by atoms with E-state index in [4.69, 9.17) is 0 Å². The predicted octanol–water partition coefficient (Wildman–Crippen LogP) is 1.85. The van der Waals surface area contributed by atoms with Gasteiger partial charge in [0.15, 0.2) is 0 Å². The van der Waals surface area contributed by atoms with E-state index in [2.05, 4.69) is 0 Å². The van der Waals surface area contributed by atoms with Crippen LogP contribution in [0, 0.1) is 6.92 Å². The van der Waals surface area contributed by atoms with E-state index >= 15 is 0 Å². The fourth-order valence-electron chi connectivity index (χ4n) is 1.38. The van der Waals surface area contributed by atoms with E-state index in [9.17, 15) is 4.79 Å². The highest BCUT2D eigenvalue weighted by Gasteiger charge is 2.17. The van der Waals surface area contributed by atoms with Crippen molar-refractivity contribution in [3.05, 3.63) is 29.1 Å². The maximum atomic E-state index is 11.3. The summed E-state index contributed by atoms with van der Waals surface area (Å²) in [5, 5.41) is 0. The topological polar surface area (TPSA) is 22.0 Å². The van der Waals surface area contributed by atoms with Crippen LogP contribution in [0.2, 0.25) is 0 Å². The van der Waals surface area contributed by atoms with Gasteiger partial charge < -0.3 is 0 Å². The largest absolute Gasteiger partial charge is 0.284 e. The molecule has 2 heterocycles. The second-order valence-corrected chi connectivity index (χ2v) is 2.94. The Hall–Kier alpha value is -1.31.